The topological polar surface area (TPSA) is 65.4 Å². The molecule has 2 aromatic carbocycles. The van der Waals surface area contributed by atoms with E-state index < -0.39 is 0 Å². The molecule has 26 heavy (non-hydrogen) atoms. The first kappa shape index (κ1) is 16.6. The van der Waals surface area contributed by atoms with E-state index in [0.29, 0.717) is 23.5 Å². The van der Waals surface area contributed by atoms with Crippen molar-refractivity contribution in [3.63, 3.8) is 0 Å². The van der Waals surface area contributed by atoms with Gasteiger partial charge in [-0.1, -0.05) is 24.3 Å². The van der Waals surface area contributed by atoms with Crippen molar-refractivity contribution in [1.82, 2.24) is 10.2 Å². The van der Waals surface area contributed by atoms with E-state index in [1.54, 1.807) is 6.07 Å². The second-order valence-corrected chi connectivity index (χ2v) is 7.14. The van der Waals surface area contributed by atoms with E-state index in [-0.39, 0.29) is 11.4 Å². The molecule has 2 aliphatic heterocycles. The summed E-state index contributed by atoms with van der Waals surface area (Å²) in [7, 11) is 0. The van der Waals surface area contributed by atoms with Crippen LogP contribution in [0.25, 0.3) is 0 Å². The van der Waals surface area contributed by atoms with Crippen molar-refractivity contribution in [2.75, 3.05) is 19.7 Å². The van der Waals surface area contributed by atoms with Crippen LogP contribution < -0.4 is 10.1 Å². The SMILES string of the molecule is N#Cc1ccc(CN2CCCC3(COc4ccccc4C(=O)N3)C2)cc1. The lowest BCUT2D eigenvalue weighted by molar-refractivity contribution is 0.0643. The number of nitrogens with one attached hydrogen (secondary N) is 1. The highest BCUT2D eigenvalue weighted by Crippen LogP contribution is 2.29. The van der Waals surface area contributed by atoms with Crippen LogP contribution in [-0.4, -0.2) is 36.0 Å². The minimum Gasteiger partial charge on any atom is -0.490 e. The predicted octanol–water partition coefficient (Wildman–Crippen LogP) is 2.72. The van der Waals surface area contributed by atoms with Crippen LogP contribution >= 0.6 is 0 Å². The molecule has 5 heteroatoms. The van der Waals surface area contributed by atoms with E-state index in [4.69, 9.17) is 10.00 Å². The predicted molar refractivity (Wildman–Crippen MR) is 97.8 cm³/mol. The van der Waals surface area contributed by atoms with Gasteiger partial charge in [0.05, 0.1) is 22.7 Å². The molecule has 1 spiro atoms. The van der Waals surface area contributed by atoms with Crippen molar-refractivity contribution in [2.24, 2.45) is 0 Å². The molecule has 1 unspecified atom stereocenters. The number of benzene rings is 2. The van der Waals surface area contributed by atoms with Crippen molar-refractivity contribution < 1.29 is 9.53 Å². The third-order valence-corrected chi connectivity index (χ3v) is 5.16. The molecule has 1 fully saturated rings. The zero-order chi connectivity index (χ0) is 18.0. The maximum absolute atomic E-state index is 12.7. The second-order valence-electron chi connectivity index (χ2n) is 7.14. The average molecular weight is 347 g/mol. The number of hydrogen-bond acceptors (Lipinski definition) is 4. The van der Waals surface area contributed by atoms with Crippen molar-refractivity contribution >= 4 is 5.91 Å². The Kier molecular flexibility index (Phi) is 4.36. The number of carbonyl (C=O) groups excluding carboxylic acids is 1. The lowest BCUT2D eigenvalue weighted by Gasteiger charge is -2.42. The van der Waals surface area contributed by atoms with Crippen molar-refractivity contribution in [2.45, 2.75) is 24.9 Å². The van der Waals surface area contributed by atoms with Gasteiger partial charge in [-0.3, -0.25) is 9.69 Å². The van der Waals surface area contributed by atoms with Gasteiger partial charge in [-0.2, -0.15) is 5.26 Å². The zero-order valence-corrected chi connectivity index (χ0v) is 14.6. The molecule has 132 valence electrons. The molecule has 0 aliphatic carbocycles. The smallest absolute Gasteiger partial charge is 0.255 e. The first-order chi connectivity index (χ1) is 12.7. The lowest BCUT2D eigenvalue weighted by atomic mass is 9.89. The first-order valence-corrected chi connectivity index (χ1v) is 8.93. The summed E-state index contributed by atoms with van der Waals surface area (Å²) in [5.74, 6) is 0.601. The Hall–Kier alpha value is -2.84. The lowest BCUT2D eigenvalue weighted by Crippen LogP contribution is -2.60. The fourth-order valence-corrected chi connectivity index (χ4v) is 3.87. The molecule has 1 atom stereocenters. The van der Waals surface area contributed by atoms with E-state index >= 15 is 0 Å². The summed E-state index contributed by atoms with van der Waals surface area (Å²) < 4.78 is 5.99. The van der Waals surface area contributed by atoms with E-state index in [1.807, 2.05) is 42.5 Å². The largest absolute Gasteiger partial charge is 0.490 e. The molecule has 0 radical (unpaired) electrons. The molecule has 2 aromatic rings. The third-order valence-electron chi connectivity index (χ3n) is 5.16. The molecule has 1 amide bonds. The van der Waals surface area contributed by atoms with Crippen molar-refractivity contribution in [1.29, 1.82) is 5.26 Å². The number of ether oxygens (including phenoxy) is 1. The van der Waals surface area contributed by atoms with Gasteiger partial charge in [0.2, 0.25) is 0 Å². The van der Waals surface area contributed by atoms with Crippen LogP contribution in [0.15, 0.2) is 48.5 Å². The molecule has 0 aromatic heterocycles. The summed E-state index contributed by atoms with van der Waals surface area (Å²) in [6, 6.07) is 17.3. The van der Waals surface area contributed by atoms with Gasteiger partial charge in [0, 0.05) is 13.1 Å². The van der Waals surface area contributed by atoms with E-state index in [9.17, 15) is 4.79 Å². The molecular weight excluding hydrogens is 326 g/mol. The highest BCUT2D eigenvalue weighted by atomic mass is 16.5. The highest BCUT2D eigenvalue weighted by molar-refractivity contribution is 5.97. The molecule has 0 saturated carbocycles. The van der Waals surface area contributed by atoms with Crippen LogP contribution in [0.3, 0.4) is 0 Å². The maximum Gasteiger partial charge on any atom is 0.255 e. The Balaban J connectivity index is 1.49. The number of likely N-dealkylation sites (tertiary alicyclic amines) is 1. The molecule has 2 heterocycles. The Labute approximate surface area is 153 Å². The van der Waals surface area contributed by atoms with Crippen LogP contribution in [0.5, 0.6) is 5.75 Å². The quantitative estimate of drug-likeness (QED) is 0.907. The van der Waals surface area contributed by atoms with Gasteiger partial charge in [-0.25, -0.2) is 0 Å². The molecule has 1 saturated heterocycles. The maximum atomic E-state index is 12.7. The molecule has 5 nitrogen and oxygen atoms in total. The Morgan fingerprint density at radius 3 is 2.81 bits per heavy atom. The number of hydrogen-bond donors (Lipinski definition) is 1. The molecule has 2 aliphatic rings. The van der Waals surface area contributed by atoms with Crippen LogP contribution in [0.4, 0.5) is 0 Å². The summed E-state index contributed by atoms with van der Waals surface area (Å²) in [5, 5.41) is 12.2. The second kappa shape index (κ2) is 6.81. The third kappa shape index (κ3) is 3.29. The van der Waals surface area contributed by atoms with Gasteiger partial charge >= 0.3 is 0 Å². The minimum absolute atomic E-state index is 0.0571. The fourth-order valence-electron chi connectivity index (χ4n) is 3.87. The number of nitrogens with zero attached hydrogens (tertiary/aromatic N) is 2. The molecule has 1 N–H and O–H groups in total. The number of para-hydroxylation sites is 1. The number of piperidine rings is 1. The normalized spacial score (nSPS) is 22.7. The number of rotatable bonds is 2. The van der Waals surface area contributed by atoms with Crippen molar-refractivity contribution in [3.8, 4) is 11.8 Å². The van der Waals surface area contributed by atoms with Gasteiger partial charge in [0.25, 0.3) is 5.91 Å². The standard InChI is InChI=1S/C21H21N3O2/c22-12-16-6-8-17(9-7-16)13-24-11-3-10-21(14-24)15-26-19-5-2-1-4-18(19)20(25)23-21/h1-2,4-9H,3,10-11,13-15H2,(H,23,25). The monoisotopic (exact) mass is 347 g/mol. The van der Waals surface area contributed by atoms with Crippen LogP contribution in [-0.2, 0) is 6.54 Å². The summed E-state index contributed by atoms with van der Waals surface area (Å²) in [6.45, 7) is 3.03. The summed E-state index contributed by atoms with van der Waals surface area (Å²) >= 11 is 0. The Morgan fingerprint density at radius 2 is 2.00 bits per heavy atom. The van der Waals surface area contributed by atoms with Gasteiger partial charge in [-0.05, 0) is 49.2 Å². The van der Waals surface area contributed by atoms with E-state index in [2.05, 4.69) is 16.3 Å². The van der Waals surface area contributed by atoms with Crippen molar-refractivity contribution in [3.05, 3.63) is 65.2 Å². The number of amides is 1. The van der Waals surface area contributed by atoms with Gasteiger partial charge < -0.3 is 10.1 Å². The fraction of sp³-hybridized carbons (Fsp3) is 0.333. The van der Waals surface area contributed by atoms with Gasteiger partial charge in [0.15, 0.2) is 0 Å². The molecule has 4 rings (SSSR count). The Morgan fingerprint density at radius 1 is 1.19 bits per heavy atom. The van der Waals surface area contributed by atoms with E-state index in [0.717, 1.165) is 32.5 Å². The minimum atomic E-state index is -0.360. The van der Waals surface area contributed by atoms with Crippen LogP contribution in [0.1, 0.15) is 34.3 Å². The number of fused-ring (bicyclic) bond motifs is 1. The number of nitriles is 1. The number of carbonyl (C=O) groups is 1. The van der Waals surface area contributed by atoms with Crippen LogP contribution in [0, 0.1) is 11.3 Å². The van der Waals surface area contributed by atoms with E-state index in [1.165, 1.54) is 5.56 Å². The first-order valence-electron chi connectivity index (χ1n) is 8.93. The average Bonchev–Trinajstić information content (AvgIpc) is 2.80. The summed E-state index contributed by atoms with van der Waals surface area (Å²) in [6.07, 6.45) is 1.92. The highest BCUT2D eigenvalue weighted by Gasteiger charge is 2.40. The molecule has 0 bridgehead atoms. The van der Waals surface area contributed by atoms with Crippen LogP contribution in [0.2, 0.25) is 0 Å². The summed E-state index contributed by atoms with van der Waals surface area (Å²) in [4.78, 5) is 15.0. The zero-order valence-electron chi connectivity index (χ0n) is 14.6. The van der Waals surface area contributed by atoms with Gasteiger partial charge in [0.1, 0.15) is 12.4 Å². The molecular formula is C21H21N3O2. The Bertz CT molecular complexity index is 856. The summed E-state index contributed by atoms with van der Waals surface area (Å²) in [5.41, 5.74) is 2.09. The van der Waals surface area contributed by atoms with Gasteiger partial charge in [-0.15, -0.1) is 0 Å².